The fraction of sp³-hybridized carbons (Fsp3) is 0.250. The molecule has 1 heterocycles. The second-order valence-electron chi connectivity index (χ2n) is 6.84. The predicted octanol–water partition coefficient (Wildman–Crippen LogP) is 4.77. The van der Waals surface area contributed by atoms with Gasteiger partial charge in [-0.05, 0) is 72.6 Å². The number of carbonyl (C=O) groups excluding carboxylic acids is 1. The summed E-state index contributed by atoms with van der Waals surface area (Å²) in [6.45, 7) is 7.28. The number of hydrogen-bond acceptors (Lipinski definition) is 3. The molecule has 0 spiro atoms. The van der Waals surface area contributed by atoms with Crippen LogP contribution in [0.5, 0.6) is 0 Å². The van der Waals surface area contributed by atoms with Crippen molar-refractivity contribution in [1.82, 2.24) is 9.88 Å². The minimum atomic E-state index is -0.0868. The lowest BCUT2D eigenvalue weighted by Gasteiger charge is -2.18. The van der Waals surface area contributed by atoms with Crippen LogP contribution in [-0.4, -0.2) is 28.9 Å². The van der Waals surface area contributed by atoms with Crippen LogP contribution in [0.4, 0.5) is 5.69 Å². The Morgan fingerprint density at radius 3 is 2.00 bits per heavy atom. The quantitative estimate of drug-likeness (QED) is 0.619. The van der Waals surface area contributed by atoms with E-state index in [2.05, 4.69) is 29.0 Å². The highest BCUT2D eigenvalue weighted by atomic mass is 16.1. The Hall–Kier alpha value is -2.98. The highest BCUT2D eigenvalue weighted by molar-refractivity contribution is 6.04. The van der Waals surface area contributed by atoms with Gasteiger partial charge < -0.3 is 5.32 Å². The molecule has 0 fully saturated rings. The third kappa shape index (κ3) is 5.51. The minimum Gasteiger partial charge on any atom is -0.322 e. The maximum absolute atomic E-state index is 12.5. The first-order chi connectivity index (χ1) is 13.7. The van der Waals surface area contributed by atoms with Crippen LogP contribution in [0.3, 0.4) is 0 Å². The molecule has 1 amide bonds. The lowest BCUT2D eigenvalue weighted by molar-refractivity contribution is 0.102. The minimum absolute atomic E-state index is 0.0868. The van der Waals surface area contributed by atoms with E-state index in [4.69, 9.17) is 0 Å². The van der Waals surface area contributed by atoms with Gasteiger partial charge in [0.2, 0.25) is 0 Å². The first-order valence-corrected chi connectivity index (χ1v) is 9.78. The zero-order valence-corrected chi connectivity index (χ0v) is 16.6. The number of nitrogens with zero attached hydrogens (tertiary/aromatic N) is 2. The van der Waals surface area contributed by atoms with Crippen molar-refractivity contribution in [2.24, 2.45) is 0 Å². The van der Waals surface area contributed by atoms with E-state index in [1.165, 1.54) is 16.7 Å². The molecule has 3 rings (SSSR count). The summed E-state index contributed by atoms with van der Waals surface area (Å²) in [6.07, 6.45) is 4.46. The summed E-state index contributed by atoms with van der Waals surface area (Å²) in [7, 11) is 0. The Balaban J connectivity index is 1.58. The first-order valence-electron chi connectivity index (χ1n) is 9.78. The summed E-state index contributed by atoms with van der Waals surface area (Å²) in [5.41, 5.74) is 5.11. The molecule has 0 atom stereocenters. The van der Waals surface area contributed by atoms with Crippen LogP contribution in [0.25, 0.3) is 0 Å². The van der Waals surface area contributed by atoms with Gasteiger partial charge >= 0.3 is 0 Å². The maximum atomic E-state index is 12.5. The van der Waals surface area contributed by atoms with E-state index in [1.54, 1.807) is 12.4 Å². The molecule has 0 unspecified atom stereocenters. The fourth-order valence-electron chi connectivity index (χ4n) is 3.11. The van der Waals surface area contributed by atoms with Gasteiger partial charge in [-0.15, -0.1) is 0 Å². The fourth-order valence-corrected chi connectivity index (χ4v) is 3.11. The summed E-state index contributed by atoms with van der Waals surface area (Å²) in [4.78, 5) is 18.9. The molecular formula is C24H27N3O. The van der Waals surface area contributed by atoms with Crippen molar-refractivity contribution in [3.63, 3.8) is 0 Å². The molecule has 0 saturated heterocycles. The summed E-state index contributed by atoms with van der Waals surface area (Å²) in [5.74, 6) is -0.0868. The van der Waals surface area contributed by atoms with Gasteiger partial charge in [0, 0.05) is 30.2 Å². The monoisotopic (exact) mass is 373 g/mol. The molecule has 4 nitrogen and oxygen atoms in total. The van der Waals surface area contributed by atoms with Crippen molar-refractivity contribution in [2.45, 2.75) is 26.8 Å². The second kappa shape index (κ2) is 9.81. The smallest absolute Gasteiger partial charge is 0.255 e. The van der Waals surface area contributed by atoms with Crippen molar-refractivity contribution >= 4 is 11.6 Å². The highest BCUT2D eigenvalue weighted by Crippen LogP contribution is 2.15. The number of carbonyl (C=O) groups is 1. The Morgan fingerprint density at radius 1 is 0.821 bits per heavy atom. The zero-order valence-electron chi connectivity index (χ0n) is 16.6. The molecule has 3 aromatic rings. The second-order valence-corrected chi connectivity index (χ2v) is 6.84. The van der Waals surface area contributed by atoms with Gasteiger partial charge in [0.05, 0.1) is 0 Å². The van der Waals surface area contributed by atoms with E-state index in [9.17, 15) is 4.79 Å². The van der Waals surface area contributed by atoms with Gasteiger partial charge in [0.1, 0.15) is 0 Å². The Morgan fingerprint density at radius 2 is 1.39 bits per heavy atom. The van der Waals surface area contributed by atoms with E-state index >= 15 is 0 Å². The molecule has 0 aliphatic rings. The van der Waals surface area contributed by atoms with Crippen LogP contribution in [0.15, 0.2) is 73.1 Å². The SMILES string of the molecule is CCN(CC)Cc1ccc(C(=O)Nc2ccc(Cc3ccncc3)cc2)cc1. The summed E-state index contributed by atoms with van der Waals surface area (Å²) < 4.78 is 0. The molecule has 1 N–H and O–H groups in total. The summed E-state index contributed by atoms with van der Waals surface area (Å²) in [6, 6.07) is 19.9. The molecule has 0 radical (unpaired) electrons. The maximum Gasteiger partial charge on any atom is 0.255 e. The Labute approximate surface area is 167 Å². The topological polar surface area (TPSA) is 45.2 Å². The largest absolute Gasteiger partial charge is 0.322 e. The molecule has 4 heteroatoms. The predicted molar refractivity (Wildman–Crippen MR) is 115 cm³/mol. The van der Waals surface area contributed by atoms with Crippen LogP contribution in [-0.2, 0) is 13.0 Å². The van der Waals surface area contributed by atoms with Gasteiger partial charge in [-0.3, -0.25) is 14.7 Å². The number of aromatic nitrogens is 1. The molecule has 0 bridgehead atoms. The van der Waals surface area contributed by atoms with Crippen molar-refractivity contribution in [3.8, 4) is 0 Å². The lowest BCUT2D eigenvalue weighted by Crippen LogP contribution is -2.22. The number of hydrogen-bond donors (Lipinski definition) is 1. The van der Waals surface area contributed by atoms with Gasteiger partial charge in [-0.25, -0.2) is 0 Å². The van der Waals surface area contributed by atoms with E-state index in [0.717, 1.165) is 31.7 Å². The molecule has 1 aromatic heterocycles. The average Bonchev–Trinajstić information content (AvgIpc) is 2.74. The standard InChI is InChI=1S/C24H27N3O/c1-3-27(4-2)18-21-5-9-22(10-6-21)24(28)26-23-11-7-19(8-12-23)17-20-13-15-25-16-14-20/h5-16H,3-4,17-18H2,1-2H3,(H,26,28). The lowest BCUT2D eigenvalue weighted by atomic mass is 10.1. The molecule has 28 heavy (non-hydrogen) atoms. The summed E-state index contributed by atoms with van der Waals surface area (Å²) >= 11 is 0. The molecule has 0 aliphatic carbocycles. The normalized spacial score (nSPS) is 10.8. The molecular weight excluding hydrogens is 346 g/mol. The van der Waals surface area contributed by atoms with Gasteiger partial charge in [-0.2, -0.15) is 0 Å². The van der Waals surface area contributed by atoms with Gasteiger partial charge in [0.15, 0.2) is 0 Å². The van der Waals surface area contributed by atoms with E-state index < -0.39 is 0 Å². The number of amides is 1. The zero-order chi connectivity index (χ0) is 19.8. The molecule has 144 valence electrons. The van der Waals surface area contributed by atoms with Gasteiger partial charge in [-0.1, -0.05) is 38.1 Å². The Kier molecular flexibility index (Phi) is 6.93. The van der Waals surface area contributed by atoms with Crippen LogP contribution >= 0.6 is 0 Å². The van der Waals surface area contributed by atoms with Crippen LogP contribution in [0.1, 0.15) is 40.9 Å². The van der Waals surface area contributed by atoms with E-state index in [-0.39, 0.29) is 5.91 Å². The van der Waals surface area contributed by atoms with E-state index in [1.807, 2.05) is 60.7 Å². The third-order valence-corrected chi connectivity index (χ3v) is 4.89. The van der Waals surface area contributed by atoms with Crippen LogP contribution in [0.2, 0.25) is 0 Å². The third-order valence-electron chi connectivity index (χ3n) is 4.89. The number of anilines is 1. The molecule has 0 aliphatic heterocycles. The summed E-state index contributed by atoms with van der Waals surface area (Å²) in [5, 5.41) is 2.97. The van der Waals surface area contributed by atoms with E-state index in [0.29, 0.717) is 5.56 Å². The highest BCUT2D eigenvalue weighted by Gasteiger charge is 2.07. The molecule has 2 aromatic carbocycles. The number of pyridine rings is 1. The Bertz CT molecular complexity index is 870. The number of rotatable bonds is 8. The number of nitrogens with one attached hydrogen (secondary N) is 1. The van der Waals surface area contributed by atoms with Crippen molar-refractivity contribution < 1.29 is 4.79 Å². The van der Waals surface area contributed by atoms with Crippen molar-refractivity contribution in [3.05, 3.63) is 95.3 Å². The number of benzene rings is 2. The van der Waals surface area contributed by atoms with Crippen molar-refractivity contribution in [1.29, 1.82) is 0 Å². The van der Waals surface area contributed by atoms with Gasteiger partial charge in [0.25, 0.3) is 5.91 Å². The van der Waals surface area contributed by atoms with Crippen LogP contribution in [0, 0.1) is 0 Å². The van der Waals surface area contributed by atoms with Crippen molar-refractivity contribution in [2.75, 3.05) is 18.4 Å². The first kappa shape index (κ1) is 19.8. The molecule has 0 saturated carbocycles. The van der Waals surface area contributed by atoms with Crippen LogP contribution < -0.4 is 5.32 Å². The average molecular weight is 374 g/mol.